The molecule has 2 aromatic carbocycles. The van der Waals surface area contributed by atoms with Crippen LogP contribution < -0.4 is 10.5 Å². The second-order valence-electron chi connectivity index (χ2n) is 4.71. The molecule has 4 nitrogen and oxygen atoms in total. The summed E-state index contributed by atoms with van der Waals surface area (Å²) in [5.41, 5.74) is 8.06. The number of hydrogen-bond donors (Lipinski definition) is 1. The van der Waals surface area contributed by atoms with Crippen molar-refractivity contribution in [3.8, 4) is 11.4 Å². The largest absolute Gasteiger partial charge is 0.494 e. The second-order valence-corrected chi connectivity index (χ2v) is 4.71. The van der Waals surface area contributed by atoms with Gasteiger partial charge in [-0.2, -0.15) is 0 Å². The number of benzene rings is 2. The minimum atomic E-state index is -0.509. The predicted octanol–water partition coefficient (Wildman–Crippen LogP) is 3.20. The zero-order valence-corrected chi connectivity index (χ0v) is 11.5. The van der Waals surface area contributed by atoms with Crippen LogP contribution in [-0.2, 0) is 0 Å². The van der Waals surface area contributed by atoms with Gasteiger partial charge in [0.1, 0.15) is 5.82 Å². The fourth-order valence-corrected chi connectivity index (χ4v) is 2.29. The number of rotatable bonds is 2. The van der Waals surface area contributed by atoms with E-state index >= 15 is 0 Å². The maximum absolute atomic E-state index is 13.7. The van der Waals surface area contributed by atoms with Crippen molar-refractivity contribution in [3.63, 3.8) is 0 Å². The molecule has 0 aliphatic carbocycles. The summed E-state index contributed by atoms with van der Waals surface area (Å²) < 4.78 is 33.7. The molecule has 21 heavy (non-hydrogen) atoms. The fraction of sp³-hybridized carbons (Fsp3) is 0.133. The summed E-state index contributed by atoms with van der Waals surface area (Å²) in [5, 5.41) is 0. The Labute approximate surface area is 119 Å². The van der Waals surface area contributed by atoms with Crippen molar-refractivity contribution in [2.75, 3.05) is 12.8 Å². The summed E-state index contributed by atoms with van der Waals surface area (Å²) in [6, 6.07) is 7.39. The molecule has 0 saturated heterocycles. The van der Waals surface area contributed by atoms with E-state index in [1.165, 1.54) is 25.3 Å². The fourth-order valence-electron chi connectivity index (χ4n) is 2.29. The lowest BCUT2D eigenvalue weighted by molar-refractivity contribution is 0.387. The maximum Gasteiger partial charge on any atom is 0.205 e. The molecule has 0 fully saturated rings. The molecule has 0 aliphatic rings. The van der Waals surface area contributed by atoms with Crippen LogP contribution in [0, 0.1) is 18.6 Å². The standard InChI is InChI=1S/C15H13F2N3O/c1-8-5-9(3-4-10(8)16)20-13-7-14(21-2)11(17)6-12(13)19-15(20)18/h3-7H,1-2H3,(H2,18,19). The zero-order chi connectivity index (χ0) is 15.1. The van der Waals surface area contributed by atoms with E-state index in [0.717, 1.165) is 0 Å². The van der Waals surface area contributed by atoms with Crippen molar-refractivity contribution < 1.29 is 13.5 Å². The molecule has 1 aromatic heterocycles. The van der Waals surface area contributed by atoms with E-state index in [-0.39, 0.29) is 17.5 Å². The van der Waals surface area contributed by atoms with Gasteiger partial charge in [-0.1, -0.05) is 0 Å². The molecule has 0 amide bonds. The molecule has 3 rings (SSSR count). The van der Waals surface area contributed by atoms with Gasteiger partial charge in [-0.3, -0.25) is 4.57 Å². The zero-order valence-electron chi connectivity index (χ0n) is 11.5. The van der Waals surface area contributed by atoms with Crippen LogP contribution in [0.4, 0.5) is 14.7 Å². The molecule has 1 heterocycles. The summed E-state index contributed by atoms with van der Waals surface area (Å²) in [4.78, 5) is 4.13. The molecule has 0 aliphatic heterocycles. The molecule has 108 valence electrons. The van der Waals surface area contributed by atoms with Crippen LogP contribution in [0.15, 0.2) is 30.3 Å². The monoisotopic (exact) mass is 289 g/mol. The van der Waals surface area contributed by atoms with Gasteiger partial charge in [0.2, 0.25) is 5.95 Å². The lowest BCUT2D eigenvalue weighted by atomic mass is 10.2. The molecule has 0 radical (unpaired) electrons. The minimum absolute atomic E-state index is 0.0995. The van der Waals surface area contributed by atoms with Gasteiger partial charge < -0.3 is 10.5 Å². The lowest BCUT2D eigenvalue weighted by Crippen LogP contribution is -2.01. The van der Waals surface area contributed by atoms with Crippen molar-refractivity contribution in [1.82, 2.24) is 9.55 Å². The van der Waals surface area contributed by atoms with Crippen LogP contribution in [0.5, 0.6) is 5.75 Å². The van der Waals surface area contributed by atoms with E-state index < -0.39 is 5.82 Å². The Bertz CT molecular complexity index is 843. The highest BCUT2D eigenvalue weighted by molar-refractivity contribution is 5.82. The number of fused-ring (bicyclic) bond motifs is 1. The summed E-state index contributed by atoms with van der Waals surface area (Å²) >= 11 is 0. The van der Waals surface area contributed by atoms with Crippen LogP contribution in [0.1, 0.15) is 5.56 Å². The van der Waals surface area contributed by atoms with Crippen molar-refractivity contribution >= 4 is 17.0 Å². The number of anilines is 1. The summed E-state index contributed by atoms with van der Waals surface area (Å²) in [6.45, 7) is 1.66. The number of imidazole rings is 1. The third kappa shape index (κ3) is 2.08. The van der Waals surface area contributed by atoms with Gasteiger partial charge in [-0.05, 0) is 30.7 Å². The molecule has 2 N–H and O–H groups in total. The molecule has 0 saturated carbocycles. The first-order valence-corrected chi connectivity index (χ1v) is 6.29. The van der Waals surface area contributed by atoms with Gasteiger partial charge >= 0.3 is 0 Å². The van der Waals surface area contributed by atoms with Crippen molar-refractivity contribution in [2.45, 2.75) is 6.92 Å². The average molecular weight is 289 g/mol. The number of halogens is 2. The van der Waals surface area contributed by atoms with Crippen LogP contribution in [0.2, 0.25) is 0 Å². The molecule has 0 unspecified atom stereocenters. The molecule has 0 atom stereocenters. The first kappa shape index (κ1) is 13.4. The van der Waals surface area contributed by atoms with Crippen LogP contribution in [0.3, 0.4) is 0 Å². The highest BCUT2D eigenvalue weighted by Gasteiger charge is 2.15. The lowest BCUT2D eigenvalue weighted by Gasteiger charge is -2.09. The molecule has 3 aromatic rings. The number of nitrogens with zero attached hydrogens (tertiary/aromatic N) is 2. The average Bonchev–Trinajstić information content (AvgIpc) is 2.76. The third-order valence-electron chi connectivity index (χ3n) is 3.35. The highest BCUT2D eigenvalue weighted by atomic mass is 19.1. The second kappa shape index (κ2) is 4.73. The maximum atomic E-state index is 13.7. The van der Waals surface area contributed by atoms with E-state index in [9.17, 15) is 8.78 Å². The van der Waals surface area contributed by atoms with E-state index in [0.29, 0.717) is 22.3 Å². The van der Waals surface area contributed by atoms with Gasteiger partial charge in [-0.25, -0.2) is 13.8 Å². The van der Waals surface area contributed by atoms with Crippen LogP contribution in [-0.4, -0.2) is 16.7 Å². The van der Waals surface area contributed by atoms with E-state index in [1.54, 1.807) is 23.6 Å². The van der Waals surface area contributed by atoms with Gasteiger partial charge in [-0.15, -0.1) is 0 Å². The Hall–Kier alpha value is -2.63. The Morgan fingerprint density at radius 1 is 1.14 bits per heavy atom. The van der Waals surface area contributed by atoms with Gasteiger partial charge in [0, 0.05) is 17.8 Å². The summed E-state index contributed by atoms with van der Waals surface area (Å²) in [6.07, 6.45) is 0. The number of nitrogens with two attached hydrogens (primary N) is 1. The molecule has 0 spiro atoms. The predicted molar refractivity (Wildman–Crippen MR) is 76.7 cm³/mol. The Balaban J connectivity index is 2.30. The minimum Gasteiger partial charge on any atom is -0.494 e. The number of aromatic nitrogens is 2. The molecular formula is C15H13F2N3O. The number of methoxy groups -OCH3 is 1. The topological polar surface area (TPSA) is 53.1 Å². The van der Waals surface area contributed by atoms with E-state index in [1.807, 2.05) is 0 Å². The number of aryl methyl sites for hydroxylation is 1. The highest BCUT2D eigenvalue weighted by Crippen LogP contribution is 2.29. The number of nitrogen functional groups attached to an aromatic ring is 1. The Morgan fingerprint density at radius 2 is 1.90 bits per heavy atom. The molecular weight excluding hydrogens is 276 g/mol. The van der Waals surface area contributed by atoms with Gasteiger partial charge in [0.15, 0.2) is 11.6 Å². The van der Waals surface area contributed by atoms with Crippen LogP contribution in [0.25, 0.3) is 16.7 Å². The van der Waals surface area contributed by atoms with Crippen molar-refractivity contribution in [3.05, 3.63) is 47.5 Å². The number of ether oxygens (including phenoxy) is 1. The normalized spacial score (nSPS) is 11.0. The molecule has 6 heteroatoms. The summed E-state index contributed by atoms with van der Waals surface area (Å²) in [5.74, 6) is -0.513. The SMILES string of the molecule is COc1cc2c(cc1F)nc(N)n2-c1ccc(F)c(C)c1. The summed E-state index contributed by atoms with van der Waals surface area (Å²) in [7, 11) is 1.39. The quantitative estimate of drug-likeness (QED) is 0.788. The van der Waals surface area contributed by atoms with Crippen LogP contribution >= 0.6 is 0 Å². The van der Waals surface area contributed by atoms with E-state index in [4.69, 9.17) is 10.5 Å². The molecule has 0 bridgehead atoms. The first-order valence-electron chi connectivity index (χ1n) is 6.29. The number of hydrogen-bond acceptors (Lipinski definition) is 3. The Kier molecular flexibility index (Phi) is 3.01. The first-order chi connectivity index (χ1) is 10.0. The van der Waals surface area contributed by atoms with Gasteiger partial charge in [0.05, 0.1) is 18.1 Å². The third-order valence-corrected chi connectivity index (χ3v) is 3.35. The van der Waals surface area contributed by atoms with Crippen molar-refractivity contribution in [1.29, 1.82) is 0 Å². The Morgan fingerprint density at radius 3 is 2.57 bits per heavy atom. The smallest absolute Gasteiger partial charge is 0.205 e. The van der Waals surface area contributed by atoms with E-state index in [2.05, 4.69) is 4.98 Å². The van der Waals surface area contributed by atoms with Crippen molar-refractivity contribution in [2.24, 2.45) is 0 Å². The van der Waals surface area contributed by atoms with Gasteiger partial charge in [0.25, 0.3) is 0 Å².